The molecule has 38 heavy (non-hydrogen) atoms. The Kier molecular flexibility index (Phi) is 8.39. The number of carbonyl (C=O) groups is 1. The van der Waals surface area contributed by atoms with E-state index < -0.39 is 10.0 Å². The Bertz CT molecular complexity index is 1500. The molecule has 1 amide bonds. The number of nitrogens with zero attached hydrogens (tertiary/aromatic N) is 1. The first-order chi connectivity index (χ1) is 18.1. The predicted octanol–water partition coefficient (Wildman–Crippen LogP) is 6.68. The van der Waals surface area contributed by atoms with Crippen molar-refractivity contribution < 1.29 is 17.9 Å². The molecule has 0 aliphatic rings. The third-order valence-electron chi connectivity index (χ3n) is 5.85. The van der Waals surface area contributed by atoms with Crippen molar-refractivity contribution in [3.8, 4) is 5.75 Å². The minimum Gasteiger partial charge on any atom is -0.484 e. The van der Waals surface area contributed by atoms with Gasteiger partial charge >= 0.3 is 0 Å². The van der Waals surface area contributed by atoms with Crippen LogP contribution in [-0.2, 0) is 21.4 Å². The van der Waals surface area contributed by atoms with Crippen LogP contribution >= 0.6 is 11.6 Å². The molecule has 0 saturated carbocycles. The van der Waals surface area contributed by atoms with E-state index in [1.165, 1.54) is 4.31 Å². The van der Waals surface area contributed by atoms with Gasteiger partial charge in [-0.2, -0.15) is 0 Å². The Labute approximate surface area is 228 Å². The summed E-state index contributed by atoms with van der Waals surface area (Å²) in [6, 6.07) is 26.3. The summed E-state index contributed by atoms with van der Waals surface area (Å²) < 4.78 is 34.3. The summed E-state index contributed by atoms with van der Waals surface area (Å²) in [5, 5.41) is 3.41. The number of hydrogen-bond acceptors (Lipinski definition) is 4. The zero-order valence-corrected chi connectivity index (χ0v) is 23.0. The monoisotopic (exact) mass is 548 g/mol. The fraction of sp³-hybridized carbons (Fsp3) is 0.167. The topological polar surface area (TPSA) is 75.7 Å². The molecule has 0 heterocycles. The lowest BCUT2D eigenvalue weighted by Gasteiger charge is -2.25. The summed E-state index contributed by atoms with van der Waals surface area (Å²) >= 11 is 6.02. The Balaban J connectivity index is 1.52. The standard InChI is InChI=1S/C30H29ClN2O4S/c1-21-4-14-29(15-5-21)38(35,36)33(19-24-6-8-25(31)9-7-24)27-10-12-28(13-11-27)37-20-30(34)32-26-17-22(2)16-23(3)18-26/h4-18H,19-20H2,1-3H3,(H,32,34). The van der Waals surface area contributed by atoms with Crippen LogP contribution < -0.4 is 14.4 Å². The van der Waals surface area contributed by atoms with Crippen molar-refractivity contribution in [2.75, 3.05) is 16.2 Å². The molecule has 0 unspecified atom stereocenters. The van der Waals surface area contributed by atoms with Crippen LogP contribution in [-0.4, -0.2) is 20.9 Å². The maximum absolute atomic E-state index is 13.7. The summed E-state index contributed by atoms with van der Waals surface area (Å²) in [7, 11) is -3.86. The van der Waals surface area contributed by atoms with Gasteiger partial charge in [-0.3, -0.25) is 9.10 Å². The van der Waals surface area contributed by atoms with Crippen LogP contribution in [0.25, 0.3) is 0 Å². The van der Waals surface area contributed by atoms with Gasteiger partial charge in [0.05, 0.1) is 17.1 Å². The van der Waals surface area contributed by atoms with Gasteiger partial charge in [0.15, 0.2) is 6.61 Å². The van der Waals surface area contributed by atoms with Crippen LogP contribution in [0.15, 0.2) is 95.9 Å². The fourth-order valence-electron chi connectivity index (χ4n) is 4.01. The Morgan fingerprint density at radius 2 is 1.42 bits per heavy atom. The normalized spacial score (nSPS) is 11.2. The van der Waals surface area contributed by atoms with Crippen molar-refractivity contribution in [3.63, 3.8) is 0 Å². The maximum atomic E-state index is 13.7. The van der Waals surface area contributed by atoms with Crippen LogP contribution in [0.1, 0.15) is 22.3 Å². The number of amides is 1. The predicted molar refractivity (Wildman–Crippen MR) is 152 cm³/mol. The Morgan fingerprint density at radius 1 is 0.816 bits per heavy atom. The molecule has 8 heteroatoms. The molecule has 0 spiro atoms. The SMILES string of the molecule is Cc1ccc(S(=O)(=O)N(Cc2ccc(Cl)cc2)c2ccc(OCC(=O)Nc3cc(C)cc(C)c3)cc2)cc1. The van der Waals surface area contributed by atoms with E-state index in [0.29, 0.717) is 22.1 Å². The third kappa shape index (κ3) is 6.94. The number of aryl methyl sites for hydroxylation is 3. The van der Waals surface area contributed by atoms with E-state index in [1.54, 1.807) is 72.8 Å². The smallest absolute Gasteiger partial charge is 0.264 e. The molecular formula is C30H29ClN2O4S. The van der Waals surface area contributed by atoms with E-state index in [1.807, 2.05) is 39.0 Å². The van der Waals surface area contributed by atoms with Crippen molar-refractivity contribution >= 4 is 38.9 Å². The van der Waals surface area contributed by atoms with Crippen molar-refractivity contribution in [1.82, 2.24) is 0 Å². The molecule has 6 nitrogen and oxygen atoms in total. The van der Waals surface area contributed by atoms with Crippen molar-refractivity contribution in [2.45, 2.75) is 32.2 Å². The second kappa shape index (κ2) is 11.7. The molecule has 0 atom stereocenters. The van der Waals surface area contributed by atoms with Crippen LogP contribution in [0, 0.1) is 20.8 Å². The van der Waals surface area contributed by atoms with Gasteiger partial charge in [-0.15, -0.1) is 0 Å². The molecule has 0 saturated heterocycles. The van der Waals surface area contributed by atoms with E-state index in [-0.39, 0.29) is 24.0 Å². The largest absolute Gasteiger partial charge is 0.484 e. The van der Waals surface area contributed by atoms with E-state index >= 15 is 0 Å². The van der Waals surface area contributed by atoms with Gasteiger partial charge in [-0.1, -0.05) is 47.5 Å². The molecule has 0 aromatic heterocycles. The van der Waals surface area contributed by atoms with Gasteiger partial charge in [0.2, 0.25) is 0 Å². The minimum atomic E-state index is -3.86. The van der Waals surface area contributed by atoms with Crippen LogP contribution in [0.5, 0.6) is 5.75 Å². The number of halogens is 1. The molecular weight excluding hydrogens is 520 g/mol. The first kappa shape index (κ1) is 27.2. The molecule has 196 valence electrons. The van der Waals surface area contributed by atoms with Gasteiger partial charge in [-0.25, -0.2) is 8.42 Å². The fourth-order valence-corrected chi connectivity index (χ4v) is 5.59. The lowest BCUT2D eigenvalue weighted by Crippen LogP contribution is -2.30. The second-order valence-electron chi connectivity index (χ2n) is 9.16. The molecule has 0 aliphatic carbocycles. The van der Waals surface area contributed by atoms with Crippen molar-refractivity contribution in [2.24, 2.45) is 0 Å². The molecule has 0 radical (unpaired) electrons. The summed E-state index contributed by atoms with van der Waals surface area (Å²) in [5.41, 5.74) is 5.05. The van der Waals surface area contributed by atoms with Gasteiger partial charge in [0.25, 0.3) is 15.9 Å². The van der Waals surface area contributed by atoms with Gasteiger partial charge < -0.3 is 10.1 Å². The lowest BCUT2D eigenvalue weighted by atomic mass is 10.1. The summed E-state index contributed by atoms with van der Waals surface area (Å²) in [6.45, 7) is 5.78. The average Bonchev–Trinajstić information content (AvgIpc) is 2.87. The zero-order chi connectivity index (χ0) is 27.3. The van der Waals surface area contributed by atoms with Crippen LogP contribution in [0.3, 0.4) is 0 Å². The highest BCUT2D eigenvalue weighted by molar-refractivity contribution is 7.92. The molecule has 0 fully saturated rings. The average molecular weight is 549 g/mol. The van der Waals surface area contributed by atoms with E-state index in [2.05, 4.69) is 5.32 Å². The number of rotatable bonds is 9. The van der Waals surface area contributed by atoms with Crippen LogP contribution in [0.4, 0.5) is 11.4 Å². The lowest BCUT2D eigenvalue weighted by molar-refractivity contribution is -0.118. The number of benzene rings is 4. The van der Waals surface area contributed by atoms with E-state index in [9.17, 15) is 13.2 Å². The third-order valence-corrected chi connectivity index (χ3v) is 7.89. The summed E-state index contributed by atoms with van der Waals surface area (Å²) in [4.78, 5) is 12.6. The highest BCUT2D eigenvalue weighted by Crippen LogP contribution is 2.28. The minimum absolute atomic E-state index is 0.117. The molecule has 0 bridgehead atoms. The zero-order valence-electron chi connectivity index (χ0n) is 21.4. The molecule has 4 aromatic rings. The first-order valence-corrected chi connectivity index (χ1v) is 13.9. The molecule has 4 rings (SSSR count). The quantitative estimate of drug-likeness (QED) is 0.253. The number of anilines is 2. The van der Waals surface area contributed by atoms with Crippen LogP contribution in [0.2, 0.25) is 5.02 Å². The Morgan fingerprint density at radius 3 is 2.03 bits per heavy atom. The van der Waals surface area contributed by atoms with Gasteiger partial charge in [0, 0.05) is 10.7 Å². The highest BCUT2D eigenvalue weighted by atomic mass is 35.5. The first-order valence-electron chi connectivity index (χ1n) is 12.0. The second-order valence-corrected chi connectivity index (χ2v) is 11.5. The van der Waals surface area contributed by atoms with Crippen molar-refractivity contribution in [1.29, 1.82) is 0 Å². The molecule has 1 N–H and O–H groups in total. The highest BCUT2D eigenvalue weighted by Gasteiger charge is 2.25. The van der Waals surface area contributed by atoms with E-state index in [4.69, 9.17) is 16.3 Å². The van der Waals surface area contributed by atoms with Crippen molar-refractivity contribution in [3.05, 3.63) is 118 Å². The number of ether oxygens (including phenoxy) is 1. The van der Waals surface area contributed by atoms with E-state index in [0.717, 1.165) is 22.3 Å². The number of sulfonamides is 1. The number of hydrogen-bond donors (Lipinski definition) is 1. The molecule has 0 aliphatic heterocycles. The molecule has 4 aromatic carbocycles. The number of nitrogens with one attached hydrogen (secondary N) is 1. The summed E-state index contributed by atoms with van der Waals surface area (Å²) in [6.07, 6.45) is 0. The van der Waals surface area contributed by atoms with Gasteiger partial charge in [-0.05, 0) is 98.1 Å². The summed E-state index contributed by atoms with van der Waals surface area (Å²) in [5.74, 6) is 0.161. The maximum Gasteiger partial charge on any atom is 0.264 e. The number of carbonyl (C=O) groups excluding carboxylic acids is 1. The van der Waals surface area contributed by atoms with Gasteiger partial charge in [0.1, 0.15) is 5.75 Å². The Hall–Kier alpha value is -3.81.